The summed E-state index contributed by atoms with van der Waals surface area (Å²) >= 11 is 0. The Hall–Kier alpha value is -4.72. The highest BCUT2D eigenvalue weighted by Gasteiger charge is 2.32. The van der Waals surface area contributed by atoms with Gasteiger partial charge in [0.05, 0.1) is 0 Å². The third kappa shape index (κ3) is 7.54. The second-order valence-electron chi connectivity index (χ2n) is 17.4. The molecule has 0 amide bonds. The van der Waals surface area contributed by atoms with Crippen molar-refractivity contribution in [3.63, 3.8) is 0 Å². The smallest absolute Gasteiger partial charge is 0.146 e. The number of rotatable bonds is 8. The van der Waals surface area contributed by atoms with E-state index in [1.807, 2.05) is 60.7 Å². The fraction of sp³-hybridized carbons (Fsp3) is 0.429. The molecule has 2 N–H and O–H groups in total. The van der Waals surface area contributed by atoms with E-state index in [1.54, 1.807) is 0 Å². The first kappa shape index (κ1) is 36.6. The van der Waals surface area contributed by atoms with Crippen molar-refractivity contribution >= 4 is 22.1 Å². The van der Waals surface area contributed by atoms with Gasteiger partial charge >= 0.3 is 0 Å². The van der Waals surface area contributed by atoms with Crippen molar-refractivity contribution in [2.24, 2.45) is 10.8 Å². The molecule has 0 atom stereocenters. The molecule has 264 valence electrons. The SMILES string of the molecule is C.CC(C)(C)CC(C)(C)c1cc(Cc2cc(C(C)(C)CC(C)(C)C)cc(-n3nc4ccccc4n3)c2O)c(O)c(-n2nc3ccccc3n2)c1. The fourth-order valence-corrected chi connectivity index (χ4v) is 7.71. The highest BCUT2D eigenvalue weighted by atomic mass is 16.3. The van der Waals surface area contributed by atoms with Crippen LogP contribution in [0.2, 0.25) is 0 Å². The Labute approximate surface area is 297 Å². The van der Waals surface area contributed by atoms with Gasteiger partial charge in [-0.2, -0.15) is 0 Å². The third-order valence-corrected chi connectivity index (χ3v) is 9.23. The van der Waals surface area contributed by atoms with Crippen molar-refractivity contribution < 1.29 is 10.2 Å². The molecule has 0 bridgehead atoms. The maximum Gasteiger partial charge on any atom is 0.146 e. The second-order valence-corrected chi connectivity index (χ2v) is 17.4. The third-order valence-electron chi connectivity index (χ3n) is 9.23. The molecule has 2 heterocycles. The minimum atomic E-state index is -0.231. The first-order valence-corrected chi connectivity index (χ1v) is 17.2. The van der Waals surface area contributed by atoms with E-state index in [4.69, 9.17) is 20.4 Å². The molecule has 50 heavy (non-hydrogen) atoms. The fourth-order valence-electron chi connectivity index (χ4n) is 7.71. The monoisotopic (exact) mass is 674 g/mol. The zero-order valence-corrected chi connectivity index (χ0v) is 30.6. The predicted molar refractivity (Wildman–Crippen MR) is 205 cm³/mol. The van der Waals surface area contributed by atoms with Crippen LogP contribution in [0.25, 0.3) is 33.4 Å². The van der Waals surface area contributed by atoms with Gasteiger partial charge in [0.2, 0.25) is 0 Å². The number of aromatic hydroxyl groups is 2. The summed E-state index contributed by atoms with van der Waals surface area (Å²) < 4.78 is 0. The van der Waals surface area contributed by atoms with Crippen LogP contribution in [-0.2, 0) is 17.3 Å². The molecule has 6 rings (SSSR count). The Morgan fingerprint density at radius 1 is 0.500 bits per heavy atom. The van der Waals surface area contributed by atoms with Crippen molar-refractivity contribution in [2.45, 2.75) is 107 Å². The topological polar surface area (TPSA) is 102 Å². The van der Waals surface area contributed by atoms with Gasteiger partial charge in [0.15, 0.2) is 0 Å². The van der Waals surface area contributed by atoms with Crippen LogP contribution in [-0.4, -0.2) is 40.2 Å². The largest absolute Gasteiger partial charge is 0.505 e. The molecule has 4 aromatic carbocycles. The highest BCUT2D eigenvalue weighted by molar-refractivity contribution is 5.75. The summed E-state index contributed by atoms with van der Waals surface area (Å²) in [6.07, 6.45) is 2.11. The summed E-state index contributed by atoms with van der Waals surface area (Å²) in [6.45, 7) is 22.4. The molecule has 2 aromatic heterocycles. The molecule has 0 saturated heterocycles. The lowest BCUT2D eigenvalue weighted by molar-refractivity contribution is 0.283. The van der Waals surface area contributed by atoms with E-state index in [0.29, 0.717) is 22.5 Å². The number of benzene rings is 4. The molecule has 8 heteroatoms. The number of phenolic OH excluding ortho intramolecular Hbond substituents is 2. The van der Waals surface area contributed by atoms with E-state index in [9.17, 15) is 10.2 Å². The van der Waals surface area contributed by atoms with Gasteiger partial charge in [-0.15, -0.1) is 30.0 Å². The quantitative estimate of drug-likeness (QED) is 0.167. The van der Waals surface area contributed by atoms with Crippen LogP contribution >= 0.6 is 0 Å². The molecule has 0 spiro atoms. The average Bonchev–Trinajstić information content (AvgIpc) is 3.61. The van der Waals surface area contributed by atoms with Gasteiger partial charge in [-0.3, -0.25) is 0 Å². The van der Waals surface area contributed by atoms with Crippen LogP contribution in [0, 0.1) is 10.8 Å². The Morgan fingerprint density at radius 3 is 1.08 bits per heavy atom. The number of nitrogens with zero attached hydrogens (tertiary/aromatic N) is 6. The normalized spacial score (nSPS) is 12.8. The molecular weight excluding hydrogens is 621 g/mol. The number of fused-ring (bicyclic) bond motifs is 2. The lowest BCUT2D eigenvalue weighted by atomic mass is 9.71. The first-order chi connectivity index (χ1) is 22.8. The van der Waals surface area contributed by atoms with Gasteiger partial charge < -0.3 is 10.2 Å². The van der Waals surface area contributed by atoms with Crippen LogP contribution in [0.15, 0.2) is 72.8 Å². The van der Waals surface area contributed by atoms with Crippen LogP contribution in [0.3, 0.4) is 0 Å². The van der Waals surface area contributed by atoms with Crippen molar-refractivity contribution in [2.75, 3.05) is 0 Å². The number of aromatic nitrogens is 6. The van der Waals surface area contributed by atoms with E-state index >= 15 is 0 Å². The molecule has 0 fully saturated rings. The lowest BCUT2D eigenvalue weighted by Crippen LogP contribution is -2.25. The van der Waals surface area contributed by atoms with E-state index in [-0.39, 0.29) is 47.0 Å². The van der Waals surface area contributed by atoms with E-state index in [2.05, 4.69) is 81.4 Å². The molecule has 0 aliphatic rings. The minimum Gasteiger partial charge on any atom is -0.505 e. The lowest BCUT2D eigenvalue weighted by Gasteiger charge is -2.34. The zero-order valence-electron chi connectivity index (χ0n) is 30.6. The van der Waals surface area contributed by atoms with Gasteiger partial charge in [-0.05, 0) is 82.0 Å². The van der Waals surface area contributed by atoms with Gasteiger partial charge in [-0.1, -0.05) is 113 Å². The van der Waals surface area contributed by atoms with Crippen molar-refractivity contribution in [3.05, 3.63) is 95.1 Å². The Bertz CT molecular complexity index is 1940. The Balaban J connectivity index is 0.00000486. The Morgan fingerprint density at radius 2 is 0.800 bits per heavy atom. The van der Waals surface area contributed by atoms with E-state index in [1.165, 1.54) is 9.59 Å². The summed E-state index contributed by atoms with van der Waals surface area (Å²) in [5.74, 6) is 0.165. The van der Waals surface area contributed by atoms with E-state index in [0.717, 1.165) is 46.0 Å². The average molecular weight is 675 g/mol. The number of phenols is 2. The zero-order chi connectivity index (χ0) is 35.5. The molecule has 0 saturated carbocycles. The Kier molecular flexibility index (Phi) is 9.41. The number of hydrogen-bond donors (Lipinski definition) is 2. The van der Waals surface area contributed by atoms with Crippen LogP contribution in [0.4, 0.5) is 0 Å². The summed E-state index contributed by atoms with van der Waals surface area (Å²) in [5, 5.41) is 42.9. The van der Waals surface area contributed by atoms with Crippen LogP contribution < -0.4 is 0 Å². The summed E-state index contributed by atoms with van der Waals surface area (Å²) in [7, 11) is 0. The molecule has 0 aliphatic carbocycles. The summed E-state index contributed by atoms with van der Waals surface area (Å²) in [4.78, 5) is 3.07. The predicted octanol–water partition coefficient (Wildman–Crippen LogP) is 10.2. The maximum atomic E-state index is 12.0. The van der Waals surface area contributed by atoms with Gasteiger partial charge in [0.1, 0.15) is 44.9 Å². The molecule has 8 nitrogen and oxygen atoms in total. The minimum absolute atomic E-state index is 0. The molecule has 0 radical (unpaired) electrons. The molecule has 6 aromatic rings. The van der Waals surface area contributed by atoms with Gasteiger partial charge in [0, 0.05) is 17.5 Å². The van der Waals surface area contributed by atoms with Crippen molar-refractivity contribution in [1.82, 2.24) is 30.0 Å². The van der Waals surface area contributed by atoms with Crippen molar-refractivity contribution in [3.8, 4) is 22.9 Å². The first-order valence-electron chi connectivity index (χ1n) is 17.2. The molecule has 0 aliphatic heterocycles. The second kappa shape index (κ2) is 12.9. The summed E-state index contributed by atoms with van der Waals surface area (Å²) in [5.41, 5.74) is 7.18. The summed E-state index contributed by atoms with van der Waals surface area (Å²) in [6, 6.07) is 23.6. The van der Waals surface area contributed by atoms with Gasteiger partial charge in [-0.25, -0.2) is 0 Å². The van der Waals surface area contributed by atoms with E-state index < -0.39 is 0 Å². The maximum absolute atomic E-state index is 12.0. The van der Waals surface area contributed by atoms with Gasteiger partial charge in [0.25, 0.3) is 0 Å². The van der Waals surface area contributed by atoms with Crippen molar-refractivity contribution in [1.29, 1.82) is 0 Å². The molecule has 0 unspecified atom stereocenters. The highest BCUT2D eigenvalue weighted by Crippen LogP contribution is 2.43. The van der Waals surface area contributed by atoms with Crippen LogP contribution in [0.5, 0.6) is 11.5 Å². The molecular formula is C42H54N6O2. The standard InChI is InChI=1S/C41H50N6O2.CH4/c1-38(2,3)24-40(7,8)28-20-26(36(48)34(22-28)46-42-30-15-11-12-16-31(30)43-46)19-27-21-29(41(9,10)25-39(4,5)6)23-35(37(27)49)47-44-32-17-13-14-18-33(32)45-47;/h11-18,20-23,48-49H,19,24-25H2,1-10H3;1H4. The van der Waals surface area contributed by atoms with Crippen LogP contribution in [0.1, 0.15) is 112 Å². The number of hydrogen-bond acceptors (Lipinski definition) is 6.